The summed E-state index contributed by atoms with van der Waals surface area (Å²) in [6.45, 7) is 7.64. The number of fused-ring (bicyclic) bond motifs is 1. The van der Waals surface area contributed by atoms with Gasteiger partial charge in [0.15, 0.2) is 5.96 Å². The Bertz CT molecular complexity index is 484. The Morgan fingerprint density at radius 2 is 1.83 bits per heavy atom. The van der Waals surface area contributed by atoms with Gasteiger partial charge in [0, 0.05) is 39.8 Å². The predicted octanol–water partition coefficient (Wildman–Crippen LogP) is 2.79. The van der Waals surface area contributed by atoms with Gasteiger partial charge in [-0.15, -0.1) is 0 Å². The lowest BCUT2D eigenvalue weighted by atomic mass is 10.00. The second-order valence-electron chi connectivity index (χ2n) is 6.28. The van der Waals surface area contributed by atoms with E-state index in [2.05, 4.69) is 51.7 Å². The van der Waals surface area contributed by atoms with Crippen LogP contribution >= 0.6 is 0 Å². The molecule has 2 N–H and O–H groups in total. The van der Waals surface area contributed by atoms with Crippen molar-refractivity contribution in [3.05, 3.63) is 35.4 Å². The van der Waals surface area contributed by atoms with Crippen LogP contribution in [-0.2, 0) is 13.0 Å². The third kappa shape index (κ3) is 6.22. The van der Waals surface area contributed by atoms with Gasteiger partial charge in [-0.1, -0.05) is 44.0 Å². The molecule has 0 atom stereocenters. The molecule has 1 aromatic rings. The molecule has 1 heterocycles. The predicted molar refractivity (Wildman–Crippen MR) is 98.9 cm³/mol. The highest BCUT2D eigenvalue weighted by Gasteiger charge is 2.14. The van der Waals surface area contributed by atoms with Crippen LogP contribution in [0.3, 0.4) is 0 Å². The first-order valence-corrected chi connectivity index (χ1v) is 9.07. The van der Waals surface area contributed by atoms with Crippen molar-refractivity contribution >= 4 is 5.96 Å². The molecule has 4 heteroatoms. The summed E-state index contributed by atoms with van der Waals surface area (Å²) < 4.78 is 0. The van der Waals surface area contributed by atoms with E-state index in [1.165, 1.54) is 43.4 Å². The van der Waals surface area contributed by atoms with Gasteiger partial charge in [-0.25, -0.2) is 0 Å². The lowest BCUT2D eigenvalue weighted by Gasteiger charge is -2.28. The maximum absolute atomic E-state index is 4.28. The Kier molecular flexibility index (Phi) is 7.95. The number of guanidine groups is 1. The maximum Gasteiger partial charge on any atom is 0.190 e. The highest BCUT2D eigenvalue weighted by atomic mass is 15.2. The van der Waals surface area contributed by atoms with E-state index in [-0.39, 0.29) is 0 Å². The third-order valence-electron chi connectivity index (χ3n) is 4.45. The fourth-order valence-electron chi connectivity index (χ4n) is 3.06. The van der Waals surface area contributed by atoms with Crippen molar-refractivity contribution in [2.24, 2.45) is 4.99 Å². The Morgan fingerprint density at radius 1 is 1.09 bits per heavy atom. The van der Waals surface area contributed by atoms with Gasteiger partial charge >= 0.3 is 0 Å². The number of unbranched alkanes of at least 4 members (excludes halogenated alkanes) is 2. The topological polar surface area (TPSA) is 39.7 Å². The zero-order chi connectivity index (χ0) is 16.3. The van der Waals surface area contributed by atoms with Gasteiger partial charge in [0.05, 0.1) is 0 Å². The zero-order valence-corrected chi connectivity index (χ0v) is 14.8. The van der Waals surface area contributed by atoms with E-state index in [1.807, 2.05) is 7.05 Å². The van der Waals surface area contributed by atoms with Crippen molar-refractivity contribution in [3.8, 4) is 0 Å². The number of benzene rings is 1. The first-order valence-electron chi connectivity index (χ1n) is 9.07. The molecule has 128 valence electrons. The molecule has 0 amide bonds. The Labute approximate surface area is 141 Å². The fraction of sp³-hybridized carbons (Fsp3) is 0.632. The van der Waals surface area contributed by atoms with Crippen molar-refractivity contribution in [3.63, 3.8) is 0 Å². The van der Waals surface area contributed by atoms with E-state index in [0.29, 0.717) is 0 Å². The van der Waals surface area contributed by atoms with Crippen LogP contribution in [0.1, 0.15) is 43.7 Å². The van der Waals surface area contributed by atoms with Gasteiger partial charge in [0.1, 0.15) is 0 Å². The first-order chi connectivity index (χ1) is 11.3. The van der Waals surface area contributed by atoms with Gasteiger partial charge in [-0.3, -0.25) is 9.89 Å². The van der Waals surface area contributed by atoms with E-state index < -0.39 is 0 Å². The van der Waals surface area contributed by atoms with Crippen LogP contribution < -0.4 is 10.6 Å². The molecule has 0 fully saturated rings. The normalized spacial score (nSPS) is 15.3. The molecule has 0 aromatic heterocycles. The minimum Gasteiger partial charge on any atom is -0.356 e. The molecule has 0 spiro atoms. The van der Waals surface area contributed by atoms with Gasteiger partial charge in [-0.05, 0) is 30.4 Å². The third-order valence-corrected chi connectivity index (χ3v) is 4.45. The van der Waals surface area contributed by atoms with Gasteiger partial charge < -0.3 is 10.6 Å². The molecule has 1 aromatic carbocycles. The molecule has 0 saturated carbocycles. The molecular weight excluding hydrogens is 284 g/mol. The maximum atomic E-state index is 4.28. The standard InChI is InChI=1S/C19H32N4/c1-3-4-7-12-21-19(20-2)22-13-8-14-23-15-11-17-9-5-6-10-18(17)16-23/h5-6,9-10H,3-4,7-8,11-16H2,1-2H3,(H2,20,21,22). The zero-order valence-electron chi connectivity index (χ0n) is 14.8. The minimum atomic E-state index is 0.935. The summed E-state index contributed by atoms with van der Waals surface area (Å²) in [5, 5.41) is 6.80. The number of nitrogens with zero attached hydrogens (tertiary/aromatic N) is 2. The molecule has 0 aliphatic carbocycles. The van der Waals surface area contributed by atoms with Crippen molar-refractivity contribution in [2.75, 3.05) is 33.2 Å². The lowest BCUT2D eigenvalue weighted by molar-refractivity contribution is 0.251. The largest absolute Gasteiger partial charge is 0.356 e. The highest BCUT2D eigenvalue weighted by molar-refractivity contribution is 5.79. The summed E-state index contributed by atoms with van der Waals surface area (Å²) in [7, 11) is 1.84. The average molecular weight is 316 g/mol. The molecule has 23 heavy (non-hydrogen) atoms. The smallest absolute Gasteiger partial charge is 0.190 e. The second kappa shape index (κ2) is 10.3. The molecule has 0 saturated heterocycles. The molecule has 1 aliphatic heterocycles. The van der Waals surface area contributed by atoms with Gasteiger partial charge in [0.2, 0.25) is 0 Å². The van der Waals surface area contributed by atoms with Crippen molar-refractivity contribution < 1.29 is 0 Å². The quantitative estimate of drug-likeness (QED) is 0.440. The van der Waals surface area contributed by atoms with Gasteiger partial charge in [0.25, 0.3) is 0 Å². The molecule has 1 aliphatic rings. The fourth-order valence-corrected chi connectivity index (χ4v) is 3.06. The summed E-state index contributed by atoms with van der Waals surface area (Å²) in [6.07, 6.45) is 6.08. The number of rotatable bonds is 8. The van der Waals surface area contributed by atoms with E-state index in [0.717, 1.165) is 38.6 Å². The van der Waals surface area contributed by atoms with E-state index >= 15 is 0 Å². The SMILES string of the molecule is CCCCCNC(=NC)NCCCN1CCc2ccccc2C1. The van der Waals surface area contributed by atoms with Gasteiger partial charge in [-0.2, -0.15) is 0 Å². The van der Waals surface area contributed by atoms with E-state index in [9.17, 15) is 0 Å². The summed E-state index contributed by atoms with van der Waals surface area (Å²) in [4.78, 5) is 6.84. The summed E-state index contributed by atoms with van der Waals surface area (Å²) in [5.74, 6) is 0.935. The average Bonchev–Trinajstić information content (AvgIpc) is 2.60. The Hall–Kier alpha value is -1.55. The van der Waals surface area contributed by atoms with Crippen LogP contribution in [0.4, 0.5) is 0 Å². The van der Waals surface area contributed by atoms with Crippen LogP contribution in [0.2, 0.25) is 0 Å². The molecule has 4 nitrogen and oxygen atoms in total. The van der Waals surface area contributed by atoms with Crippen molar-refractivity contribution in [2.45, 2.75) is 45.6 Å². The number of hydrogen-bond donors (Lipinski definition) is 2. The summed E-state index contributed by atoms with van der Waals surface area (Å²) in [5.41, 5.74) is 3.03. The molecular formula is C19H32N4. The number of aliphatic imine (C=N–C) groups is 1. The first kappa shape index (κ1) is 17.8. The van der Waals surface area contributed by atoms with E-state index in [1.54, 1.807) is 0 Å². The van der Waals surface area contributed by atoms with Crippen molar-refractivity contribution in [1.29, 1.82) is 0 Å². The minimum absolute atomic E-state index is 0.935. The lowest BCUT2D eigenvalue weighted by Crippen LogP contribution is -2.39. The molecule has 0 radical (unpaired) electrons. The van der Waals surface area contributed by atoms with E-state index in [4.69, 9.17) is 0 Å². The summed E-state index contributed by atoms with van der Waals surface area (Å²) >= 11 is 0. The van der Waals surface area contributed by atoms with Crippen LogP contribution in [0, 0.1) is 0 Å². The van der Waals surface area contributed by atoms with Crippen LogP contribution in [0.15, 0.2) is 29.3 Å². The number of nitrogens with one attached hydrogen (secondary N) is 2. The van der Waals surface area contributed by atoms with Crippen LogP contribution in [0.25, 0.3) is 0 Å². The second-order valence-corrected chi connectivity index (χ2v) is 6.28. The molecule has 0 bridgehead atoms. The molecule has 0 unspecified atom stereocenters. The molecule has 2 rings (SSSR count). The van der Waals surface area contributed by atoms with Crippen molar-refractivity contribution in [1.82, 2.24) is 15.5 Å². The monoisotopic (exact) mass is 316 g/mol. The highest BCUT2D eigenvalue weighted by Crippen LogP contribution is 2.18. The number of hydrogen-bond acceptors (Lipinski definition) is 2. The van der Waals surface area contributed by atoms with Crippen LogP contribution in [0.5, 0.6) is 0 Å². The Balaban J connectivity index is 1.60. The Morgan fingerprint density at radius 3 is 2.57 bits per heavy atom. The van der Waals surface area contributed by atoms with Crippen LogP contribution in [-0.4, -0.2) is 44.1 Å². The summed E-state index contributed by atoms with van der Waals surface area (Å²) in [6, 6.07) is 8.83.